The highest BCUT2D eigenvalue weighted by Gasteiger charge is 2.41. The van der Waals surface area contributed by atoms with E-state index < -0.39 is 6.17 Å². The van der Waals surface area contributed by atoms with Crippen molar-refractivity contribution in [1.82, 2.24) is 9.80 Å². The van der Waals surface area contributed by atoms with Gasteiger partial charge < -0.3 is 14.9 Å². The lowest BCUT2D eigenvalue weighted by Crippen LogP contribution is -2.38. The Kier molecular flexibility index (Phi) is 7.57. The molecular weight excluding hydrogens is 519 g/mol. The molecule has 1 fully saturated rings. The first-order chi connectivity index (χ1) is 17.7. The monoisotopic (exact) mass is 552 g/mol. The fraction of sp³-hybridized carbons (Fsp3) is 0.355. The number of amides is 2. The lowest BCUT2D eigenvalue weighted by molar-refractivity contribution is 0.0544. The van der Waals surface area contributed by atoms with Crippen LogP contribution in [0.5, 0.6) is 5.75 Å². The molecule has 0 aliphatic carbocycles. The predicted molar refractivity (Wildman–Crippen MR) is 153 cm³/mol. The highest BCUT2D eigenvalue weighted by atomic mass is 35.5. The maximum Gasteiger partial charge on any atom is 0.255 e. The third kappa shape index (κ3) is 5.55. The summed E-state index contributed by atoms with van der Waals surface area (Å²) in [5, 5.41) is 12.4. The Hall–Kier alpha value is -3.02. The second-order valence-electron chi connectivity index (χ2n) is 11.8. The van der Waals surface area contributed by atoms with Gasteiger partial charge in [0.2, 0.25) is 0 Å². The van der Waals surface area contributed by atoms with E-state index in [1.165, 1.54) is 0 Å². The molecule has 4 rings (SSSR count). The molecule has 0 bridgehead atoms. The van der Waals surface area contributed by atoms with Crippen LogP contribution in [0, 0.1) is 0 Å². The molecule has 5 nitrogen and oxygen atoms in total. The number of hydrogen-bond donors (Lipinski definition) is 1. The van der Waals surface area contributed by atoms with Crippen LogP contribution in [0.4, 0.5) is 0 Å². The summed E-state index contributed by atoms with van der Waals surface area (Å²) in [7, 11) is 0. The predicted octanol–water partition coefficient (Wildman–Crippen LogP) is 7.59. The van der Waals surface area contributed by atoms with E-state index in [0.29, 0.717) is 34.3 Å². The number of nitrogens with zero attached hydrogens (tertiary/aromatic N) is 2. The molecule has 1 saturated heterocycles. The summed E-state index contributed by atoms with van der Waals surface area (Å²) < 4.78 is 0. The second-order valence-corrected chi connectivity index (χ2v) is 12.7. The third-order valence-corrected chi connectivity index (χ3v) is 7.43. The van der Waals surface area contributed by atoms with Gasteiger partial charge in [0.05, 0.1) is 0 Å². The fourth-order valence-corrected chi connectivity index (χ4v) is 5.13. The van der Waals surface area contributed by atoms with Gasteiger partial charge in [-0.25, -0.2) is 0 Å². The molecule has 1 aliphatic rings. The first-order valence-electron chi connectivity index (χ1n) is 12.7. The number of aromatic hydroxyl groups is 1. The first kappa shape index (κ1) is 28.0. The molecule has 0 aromatic heterocycles. The van der Waals surface area contributed by atoms with E-state index in [2.05, 4.69) is 0 Å². The van der Waals surface area contributed by atoms with E-state index in [4.69, 9.17) is 23.2 Å². The zero-order chi connectivity index (χ0) is 28.0. The van der Waals surface area contributed by atoms with Gasteiger partial charge in [0, 0.05) is 34.3 Å². The SMILES string of the molecule is CC(C)(C)c1cc(C2N(C(=O)c3ccc(Cl)cc3)CCN2C(=O)c2ccc(Cl)cc2)cc(C(C)(C)C)c1O. The summed E-state index contributed by atoms with van der Waals surface area (Å²) >= 11 is 12.1. The number of carbonyl (C=O) groups is 2. The molecule has 0 spiro atoms. The Morgan fingerprint density at radius 1 is 0.711 bits per heavy atom. The van der Waals surface area contributed by atoms with Crippen LogP contribution in [-0.2, 0) is 10.8 Å². The maximum atomic E-state index is 13.8. The van der Waals surface area contributed by atoms with Gasteiger partial charge in [-0.1, -0.05) is 64.7 Å². The van der Waals surface area contributed by atoms with E-state index >= 15 is 0 Å². The van der Waals surface area contributed by atoms with Gasteiger partial charge in [-0.2, -0.15) is 0 Å². The van der Waals surface area contributed by atoms with Crippen LogP contribution < -0.4 is 0 Å². The largest absolute Gasteiger partial charge is 0.507 e. The van der Waals surface area contributed by atoms with Crippen LogP contribution in [0.2, 0.25) is 10.0 Å². The molecule has 0 radical (unpaired) electrons. The average Bonchev–Trinajstić information content (AvgIpc) is 3.28. The summed E-state index contributed by atoms with van der Waals surface area (Å²) in [5.41, 5.74) is 2.56. The van der Waals surface area contributed by atoms with Crippen LogP contribution in [0.1, 0.15) is 85.1 Å². The van der Waals surface area contributed by atoms with Gasteiger partial charge in [-0.3, -0.25) is 9.59 Å². The number of phenolic OH excluding ortho intramolecular Hbond substituents is 1. The lowest BCUT2D eigenvalue weighted by Gasteiger charge is -2.34. The van der Waals surface area contributed by atoms with Crippen LogP contribution in [-0.4, -0.2) is 39.8 Å². The molecular formula is C31H34Cl2N2O3. The number of phenols is 1. The quantitative estimate of drug-likeness (QED) is 0.364. The van der Waals surface area contributed by atoms with E-state index in [0.717, 1.165) is 16.7 Å². The topological polar surface area (TPSA) is 60.9 Å². The number of benzene rings is 3. The van der Waals surface area contributed by atoms with Crippen molar-refractivity contribution >= 4 is 35.0 Å². The Labute approximate surface area is 235 Å². The molecule has 7 heteroatoms. The number of halogens is 2. The highest BCUT2D eigenvalue weighted by molar-refractivity contribution is 6.31. The van der Waals surface area contributed by atoms with E-state index in [9.17, 15) is 14.7 Å². The van der Waals surface area contributed by atoms with Crippen molar-refractivity contribution < 1.29 is 14.7 Å². The zero-order valence-corrected chi connectivity index (χ0v) is 24.2. The van der Waals surface area contributed by atoms with E-state index in [1.807, 2.05) is 53.7 Å². The summed E-state index contributed by atoms with van der Waals surface area (Å²) in [5.74, 6) is -0.139. The average molecular weight is 554 g/mol. The van der Waals surface area contributed by atoms with Crippen molar-refractivity contribution in [3.05, 3.63) is 98.5 Å². The maximum absolute atomic E-state index is 13.8. The molecule has 0 atom stereocenters. The summed E-state index contributed by atoms with van der Waals surface area (Å²) in [6, 6.07) is 17.4. The second kappa shape index (κ2) is 10.3. The van der Waals surface area contributed by atoms with Gasteiger partial charge >= 0.3 is 0 Å². The van der Waals surface area contributed by atoms with Crippen molar-refractivity contribution in [2.75, 3.05) is 13.1 Å². The third-order valence-electron chi connectivity index (χ3n) is 6.92. The smallest absolute Gasteiger partial charge is 0.255 e. The van der Waals surface area contributed by atoms with Crippen molar-refractivity contribution in [3.63, 3.8) is 0 Å². The van der Waals surface area contributed by atoms with Crippen molar-refractivity contribution in [2.24, 2.45) is 0 Å². The normalized spacial score (nSPS) is 14.7. The summed E-state index contributed by atoms with van der Waals surface area (Å²) in [6.07, 6.45) is -0.663. The molecule has 1 aliphatic heterocycles. The Morgan fingerprint density at radius 3 is 1.37 bits per heavy atom. The molecule has 3 aromatic rings. The molecule has 3 aromatic carbocycles. The highest BCUT2D eigenvalue weighted by Crippen LogP contribution is 2.43. The summed E-state index contributed by atoms with van der Waals surface area (Å²) in [6.45, 7) is 13.0. The van der Waals surface area contributed by atoms with E-state index in [-0.39, 0.29) is 28.4 Å². The van der Waals surface area contributed by atoms with Crippen molar-refractivity contribution in [2.45, 2.75) is 58.5 Å². The number of rotatable bonds is 3. The van der Waals surface area contributed by atoms with Crippen LogP contribution in [0.15, 0.2) is 60.7 Å². The molecule has 1 heterocycles. The van der Waals surface area contributed by atoms with Gasteiger partial charge in [0.15, 0.2) is 0 Å². The zero-order valence-electron chi connectivity index (χ0n) is 22.7. The molecule has 1 N–H and O–H groups in total. The van der Waals surface area contributed by atoms with Gasteiger partial charge in [0.1, 0.15) is 11.9 Å². The molecule has 0 unspecified atom stereocenters. The Balaban J connectivity index is 1.89. The van der Waals surface area contributed by atoms with Crippen LogP contribution in [0.3, 0.4) is 0 Å². The standard InChI is InChI=1S/C31H34Cl2N2O3/c1-30(2,3)24-17-21(18-25(26(24)36)31(4,5)6)27-34(28(37)19-7-11-22(32)12-8-19)15-16-35(27)29(38)20-9-13-23(33)14-10-20/h7-14,17-18,27,36H,15-16H2,1-6H3. The van der Waals surface area contributed by atoms with Gasteiger partial charge in [-0.05, 0) is 88.2 Å². The van der Waals surface area contributed by atoms with E-state index in [1.54, 1.807) is 58.3 Å². The van der Waals surface area contributed by atoms with Crippen LogP contribution in [0.25, 0.3) is 0 Å². The minimum Gasteiger partial charge on any atom is -0.507 e. The minimum atomic E-state index is -0.663. The van der Waals surface area contributed by atoms with Gasteiger partial charge in [-0.15, -0.1) is 0 Å². The number of carbonyl (C=O) groups excluding carboxylic acids is 2. The van der Waals surface area contributed by atoms with Crippen LogP contribution >= 0.6 is 23.2 Å². The summed E-state index contributed by atoms with van der Waals surface area (Å²) in [4.78, 5) is 31.0. The molecule has 200 valence electrons. The molecule has 0 saturated carbocycles. The van der Waals surface area contributed by atoms with Crippen molar-refractivity contribution in [3.8, 4) is 5.75 Å². The fourth-order valence-electron chi connectivity index (χ4n) is 4.88. The first-order valence-corrected chi connectivity index (χ1v) is 13.4. The Bertz CT molecular complexity index is 1250. The molecule has 38 heavy (non-hydrogen) atoms. The number of hydrogen-bond acceptors (Lipinski definition) is 3. The molecule has 2 amide bonds. The lowest BCUT2D eigenvalue weighted by atomic mass is 9.78. The van der Waals surface area contributed by atoms with Crippen molar-refractivity contribution in [1.29, 1.82) is 0 Å². The minimum absolute atomic E-state index is 0.194. The Morgan fingerprint density at radius 2 is 1.05 bits per heavy atom. The van der Waals surface area contributed by atoms with Gasteiger partial charge in [0.25, 0.3) is 11.8 Å².